The van der Waals surface area contributed by atoms with E-state index in [2.05, 4.69) is 13.8 Å². The molecule has 0 saturated carbocycles. The fourth-order valence-electron chi connectivity index (χ4n) is 1.94. The third kappa shape index (κ3) is 6.63. The Morgan fingerprint density at radius 2 is 2.05 bits per heavy atom. The van der Waals surface area contributed by atoms with Crippen LogP contribution in [-0.4, -0.2) is 42.7 Å². The number of ether oxygens (including phenoxy) is 1. The molecule has 0 unspecified atom stereocenters. The first-order valence-corrected chi connectivity index (χ1v) is 7.63. The maximum Gasteiger partial charge on any atom is 0.253 e. The quantitative estimate of drug-likeness (QED) is 0.712. The summed E-state index contributed by atoms with van der Waals surface area (Å²) in [5.41, 5.74) is 0.654. The largest absolute Gasteiger partial charge is 0.493 e. The van der Waals surface area contributed by atoms with Gasteiger partial charge in [0.05, 0.1) is 6.61 Å². The molecule has 0 aromatic heterocycles. The van der Waals surface area contributed by atoms with Crippen LogP contribution in [0.4, 0.5) is 0 Å². The lowest BCUT2D eigenvalue weighted by Crippen LogP contribution is -2.27. The van der Waals surface area contributed by atoms with Crippen LogP contribution < -0.4 is 4.74 Å². The van der Waals surface area contributed by atoms with Gasteiger partial charge in [-0.15, -0.1) is 0 Å². The average molecular weight is 293 g/mol. The van der Waals surface area contributed by atoms with Crippen molar-refractivity contribution in [3.8, 4) is 5.75 Å². The average Bonchev–Trinajstić information content (AvgIpc) is 2.49. The maximum absolute atomic E-state index is 12.3. The number of hydrogen-bond donors (Lipinski definition) is 1. The van der Waals surface area contributed by atoms with Gasteiger partial charge in [-0.3, -0.25) is 4.79 Å². The highest BCUT2D eigenvalue weighted by molar-refractivity contribution is 5.94. The summed E-state index contributed by atoms with van der Waals surface area (Å²) in [5, 5.41) is 8.74. The van der Waals surface area contributed by atoms with Crippen LogP contribution in [0.25, 0.3) is 0 Å². The van der Waals surface area contributed by atoms with Crippen molar-refractivity contribution in [1.82, 2.24) is 4.90 Å². The van der Waals surface area contributed by atoms with Crippen LogP contribution in [-0.2, 0) is 0 Å². The number of aliphatic hydroxyl groups excluding tert-OH is 1. The standard InChI is InChI=1S/C17H27NO3/c1-14(2)13-21-16-9-7-8-15(12-16)17(20)18(3)10-5-4-6-11-19/h7-9,12,14,19H,4-6,10-11,13H2,1-3H3. The maximum atomic E-state index is 12.3. The zero-order valence-corrected chi connectivity index (χ0v) is 13.3. The first-order chi connectivity index (χ1) is 10.0. The van der Waals surface area contributed by atoms with E-state index in [4.69, 9.17) is 9.84 Å². The SMILES string of the molecule is CC(C)COc1cccc(C(=O)N(C)CCCCCO)c1. The van der Waals surface area contributed by atoms with Gasteiger partial charge in [0.25, 0.3) is 5.91 Å². The van der Waals surface area contributed by atoms with E-state index in [1.54, 1.807) is 11.0 Å². The summed E-state index contributed by atoms with van der Waals surface area (Å²) < 4.78 is 5.65. The molecule has 0 atom stereocenters. The lowest BCUT2D eigenvalue weighted by atomic mass is 10.1. The topological polar surface area (TPSA) is 49.8 Å². The van der Waals surface area contributed by atoms with Crippen molar-refractivity contribution >= 4 is 5.91 Å². The van der Waals surface area contributed by atoms with Crippen LogP contribution in [0.2, 0.25) is 0 Å². The Hall–Kier alpha value is -1.55. The van der Waals surface area contributed by atoms with E-state index in [0.717, 1.165) is 25.0 Å². The number of benzene rings is 1. The number of rotatable bonds is 9. The summed E-state index contributed by atoms with van der Waals surface area (Å²) in [6.07, 6.45) is 2.64. The predicted molar refractivity (Wildman–Crippen MR) is 84.7 cm³/mol. The molecule has 4 nitrogen and oxygen atoms in total. The number of nitrogens with zero attached hydrogens (tertiary/aromatic N) is 1. The van der Waals surface area contributed by atoms with Gasteiger partial charge in [0.2, 0.25) is 0 Å². The molecular formula is C17H27NO3. The number of unbranched alkanes of at least 4 members (excludes halogenated alkanes) is 2. The molecule has 0 bridgehead atoms. The van der Waals surface area contributed by atoms with E-state index in [1.807, 2.05) is 25.2 Å². The van der Waals surface area contributed by atoms with Crippen molar-refractivity contribution in [1.29, 1.82) is 0 Å². The Bertz CT molecular complexity index is 432. The monoisotopic (exact) mass is 293 g/mol. The third-order valence-electron chi connectivity index (χ3n) is 3.16. The third-order valence-corrected chi connectivity index (χ3v) is 3.16. The molecule has 1 aromatic carbocycles. The predicted octanol–water partition coefficient (Wildman–Crippen LogP) is 2.96. The Morgan fingerprint density at radius 3 is 2.71 bits per heavy atom. The highest BCUT2D eigenvalue weighted by atomic mass is 16.5. The fraction of sp³-hybridized carbons (Fsp3) is 0.588. The Balaban J connectivity index is 2.54. The van der Waals surface area contributed by atoms with Gasteiger partial charge in [-0.05, 0) is 43.4 Å². The number of amides is 1. The van der Waals surface area contributed by atoms with E-state index in [1.165, 1.54) is 0 Å². The van der Waals surface area contributed by atoms with Gasteiger partial charge in [0.1, 0.15) is 5.75 Å². The summed E-state index contributed by atoms with van der Waals surface area (Å²) in [6, 6.07) is 7.34. The van der Waals surface area contributed by atoms with Crippen LogP contribution in [0.3, 0.4) is 0 Å². The first-order valence-electron chi connectivity index (χ1n) is 7.63. The molecule has 1 aromatic rings. The Labute approximate surface area is 127 Å². The number of aliphatic hydroxyl groups is 1. The van der Waals surface area contributed by atoms with Gasteiger partial charge in [-0.25, -0.2) is 0 Å². The summed E-state index contributed by atoms with van der Waals surface area (Å²) in [5.74, 6) is 1.20. The van der Waals surface area contributed by atoms with Gasteiger partial charge in [0.15, 0.2) is 0 Å². The molecule has 0 fully saturated rings. The molecule has 1 rings (SSSR count). The second kappa shape index (κ2) is 9.40. The minimum Gasteiger partial charge on any atom is -0.493 e. The van der Waals surface area contributed by atoms with Gasteiger partial charge < -0.3 is 14.7 Å². The van der Waals surface area contributed by atoms with Crippen molar-refractivity contribution < 1.29 is 14.6 Å². The van der Waals surface area contributed by atoms with Crippen molar-refractivity contribution in [3.63, 3.8) is 0 Å². The molecule has 0 heterocycles. The van der Waals surface area contributed by atoms with Crippen molar-refractivity contribution in [2.45, 2.75) is 33.1 Å². The van der Waals surface area contributed by atoms with Crippen molar-refractivity contribution in [2.75, 3.05) is 26.8 Å². The lowest BCUT2D eigenvalue weighted by molar-refractivity contribution is 0.0791. The molecule has 0 radical (unpaired) electrons. The number of hydrogen-bond acceptors (Lipinski definition) is 3. The molecule has 1 N–H and O–H groups in total. The van der Waals surface area contributed by atoms with Crippen LogP contribution >= 0.6 is 0 Å². The molecule has 1 amide bonds. The second-order valence-electron chi connectivity index (χ2n) is 5.74. The van der Waals surface area contributed by atoms with Crippen molar-refractivity contribution in [2.24, 2.45) is 5.92 Å². The molecule has 0 aliphatic carbocycles. The van der Waals surface area contributed by atoms with E-state index in [0.29, 0.717) is 24.6 Å². The molecule has 0 aliphatic heterocycles. The molecular weight excluding hydrogens is 266 g/mol. The smallest absolute Gasteiger partial charge is 0.253 e. The zero-order valence-electron chi connectivity index (χ0n) is 13.3. The van der Waals surface area contributed by atoms with Gasteiger partial charge in [-0.2, -0.15) is 0 Å². The van der Waals surface area contributed by atoms with E-state index < -0.39 is 0 Å². The van der Waals surface area contributed by atoms with Crippen LogP contribution in [0.15, 0.2) is 24.3 Å². The van der Waals surface area contributed by atoms with Crippen LogP contribution in [0.5, 0.6) is 5.75 Å². The molecule has 0 spiro atoms. The number of carbonyl (C=O) groups excluding carboxylic acids is 1. The zero-order chi connectivity index (χ0) is 15.7. The van der Waals surface area contributed by atoms with Crippen LogP contribution in [0, 0.1) is 5.92 Å². The summed E-state index contributed by atoms with van der Waals surface area (Å²) in [6.45, 7) is 5.75. The highest BCUT2D eigenvalue weighted by Crippen LogP contribution is 2.16. The van der Waals surface area contributed by atoms with Crippen molar-refractivity contribution in [3.05, 3.63) is 29.8 Å². The summed E-state index contributed by atoms with van der Waals surface area (Å²) in [7, 11) is 1.81. The van der Waals surface area contributed by atoms with E-state index in [-0.39, 0.29) is 12.5 Å². The highest BCUT2D eigenvalue weighted by Gasteiger charge is 2.12. The summed E-state index contributed by atoms with van der Waals surface area (Å²) in [4.78, 5) is 14.0. The molecule has 21 heavy (non-hydrogen) atoms. The normalized spacial score (nSPS) is 10.7. The molecule has 118 valence electrons. The van der Waals surface area contributed by atoms with Gasteiger partial charge in [-0.1, -0.05) is 19.9 Å². The number of carbonyl (C=O) groups is 1. The fourth-order valence-corrected chi connectivity index (χ4v) is 1.94. The Kier molecular flexibility index (Phi) is 7.83. The van der Waals surface area contributed by atoms with Crippen LogP contribution in [0.1, 0.15) is 43.5 Å². The Morgan fingerprint density at radius 1 is 1.29 bits per heavy atom. The van der Waals surface area contributed by atoms with E-state index >= 15 is 0 Å². The van der Waals surface area contributed by atoms with E-state index in [9.17, 15) is 4.79 Å². The molecule has 4 heteroatoms. The lowest BCUT2D eigenvalue weighted by Gasteiger charge is -2.17. The summed E-state index contributed by atoms with van der Waals surface area (Å²) >= 11 is 0. The minimum absolute atomic E-state index is 0.00833. The van der Waals surface area contributed by atoms with Gasteiger partial charge in [0, 0.05) is 25.8 Å². The first kappa shape index (κ1) is 17.5. The minimum atomic E-state index is 0.00833. The molecule has 0 aliphatic rings. The molecule has 0 saturated heterocycles. The second-order valence-corrected chi connectivity index (χ2v) is 5.74. The van der Waals surface area contributed by atoms with Gasteiger partial charge >= 0.3 is 0 Å².